The zero-order valence-corrected chi connectivity index (χ0v) is 19.8. The number of sulfonamides is 1. The van der Waals surface area contributed by atoms with E-state index in [0.29, 0.717) is 32.2 Å². The van der Waals surface area contributed by atoms with Crippen molar-refractivity contribution in [3.8, 4) is 5.75 Å². The Morgan fingerprint density at radius 3 is 2.10 bits per heavy atom. The summed E-state index contributed by atoms with van der Waals surface area (Å²) >= 11 is 23.2. The molecule has 3 rings (SSSR count). The summed E-state index contributed by atoms with van der Waals surface area (Å²) in [4.78, 5) is 0.0598. The van der Waals surface area contributed by atoms with E-state index in [1.165, 1.54) is 37.4 Å². The molecule has 0 fully saturated rings. The van der Waals surface area contributed by atoms with Crippen LogP contribution in [0, 0.1) is 0 Å². The zero-order valence-electron chi connectivity index (χ0n) is 15.9. The highest BCUT2D eigenvalue weighted by Crippen LogP contribution is 2.28. The predicted octanol–water partition coefficient (Wildman–Crippen LogP) is 6.27. The van der Waals surface area contributed by atoms with E-state index in [-0.39, 0.29) is 15.7 Å². The first-order valence-electron chi connectivity index (χ1n) is 8.67. The molecule has 11 heteroatoms. The first-order valence-corrected chi connectivity index (χ1v) is 11.7. The van der Waals surface area contributed by atoms with Gasteiger partial charge in [-0.1, -0.05) is 34.8 Å². The average molecular weight is 517 g/mol. The van der Waals surface area contributed by atoms with Crippen LogP contribution >= 0.6 is 47.0 Å². The van der Waals surface area contributed by atoms with E-state index in [0.717, 1.165) is 0 Å². The fraction of sp³-hybridized carbons (Fsp3) is 0.0500. The molecule has 162 valence electrons. The summed E-state index contributed by atoms with van der Waals surface area (Å²) in [5.41, 5.74) is 1.44. The number of halogens is 3. The lowest BCUT2D eigenvalue weighted by Crippen LogP contribution is -2.19. The summed E-state index contributed by atoms with van der Waals surface area (Å²) in [6, 6.07) is 15.6. The van der Waals surface area contributed by atoms with Gasteiger partial charge in [0.2, 0.25) is 0 Å². The molecular formula is C20H16Cl3N3O3S2. The van der Waals surface area contributed by atoms with Gasteiger partial charge < -0.3 is 15.4 Å². The van der Waals surface area contributed by atoms with E-state index in [2.05, 4.69) is 15.4 Å². The third-order valence-electron chi connectivity index (χ3n) is 3.95. The summed E-state index contributed by atoms with van der Waals surface area (Å²) in [5.74, 6) is 0.571. The Morgan fingerprint density at radius 1 is 0.839 bits per heavy atom. The van der Waals surface area contributed by atoms with E-state index in [1.807, 2.05) is 0 Å². The van der Waals surface area contributed by atoms with Crippen molar-refractivity contribution in [3.05, 3.63) is 75.7 Å². The largest absolute Gasteiger partial charge is 0.495 e. The minimum absolute atomic E-state index is 0.0598. The number of benzene rings is 3. The molecule has 0 aliphatic rings. The van der Waals surface area contributed by atoms with E-state index in [1.54, 1.807) is 30.3 Å². The summed E-state index contributed by atoms with van der Waals surface area (Å²) in [6.45, 7) is 0. The number of rotatable bonds is 6. The predicted molar refractivity (Wildman–Crippen MR) is 132 cm³/mol. The van der Waals surface area contributed by atoms with Crippen LogP contribution in [0.1, 0.15) is 0 Å². The van der Waals surface area contributed by atoms with Crippen LogP contribution in [0.4, 0.5) is 17.1 Å². The van der Waals surface area contributed by atoms with E-state index >= 15 is 0 Å². The monoisotopic (exact) mass is 515 g/mol. The maximum absolute atomic E-state index is 12.6. The van der Waals surface area contributed by atoms with Gasteiger partial charge in [-0.05, 0) is 72.9 Å². The van der Waals surface area contributed by atoms with Crippen LogP contribution in [0.5, 0.6) is 5.75 Å². The molecule has 0 saturated carbocycles. The van der Waals surface area contributed by atoms with Gasteiger partial charge in [0.25, 0.3) is 10.0 Å². The molecule has 0 aromatic heterocycles. The highest BCUT2D eigenvalue weighted by molar-refractivity contribution is 7.92. The minimum Gasteiger partial charge on any atom is -0.495 e. The van der Waals surface area contributed by atoms with Gasteiger partial charge in [-0.25, -0.2) is 8.42 Å². The molecule has 0 atom stereocenters. The lowest BCUT2D eigenvalue weighted by molar-refractivity contribution is 0.417. The number of ether oxygens (including phenoxy) is 1. The summed E-state index contributed by atoms with van der Waals surface area (Å²) < 4.78 is 33.0. The Hall–Kier alpha value is -2.23. The summed E-state index contributed by atoms with van der Waals surface area (Å²) in [5, 5.41) is 7.42. The van der Waals surface area contributed by atoms with Crippen molar-refractivity contribution in [2.45, 2.75) is 4.90 Å². The normalized spacial score (nSPS) is 11.0. The molecule has 0 bridgehead atoms. The summed E-state index contributed by atoms with van der Waals surface area (Å²) in [7, 11) is -2.29. The number of methoxy groups -OCH3 is 1. The Labute approximate surface area is 200 Å². The Morgan fingerprint density at radius 2 is 1.48 bits per heavy atom. The molecule has 0 radical (unpaired) electrons. The Balaban J connectivity index is 1.69. The molecule has 3 aromatic rings. The van der Waals surface area contributed by atoms with Gasteiger partial charge in [-0.3, -0.25) is 4.72 Å². The SMILES string of the molecule is COc1ccc(Cl)cc1NC(=S)Nc1ccc(S(=O)(=O)Nc2cc(Cl)cc(Cl)c2)cc1. The molecule has 0 unspecified atom stereocenters. The Bertz CT molecular complexity index is 1200. The summed E-state index contributed by atoms with van der Waals surface area (Å²) in [6.07, 6.45) is 0. The van der Waals surface area contributed by atoms with Crippen LogP contribution in [0.2, 0.25) is 15.1 Å². The molecule has 3 aromatic carbocycles. The second kappa shape index (κ2) is 9.93. The third kappa shape index (κ3) is 6.38. The van der Waals surface area contributed by atoms with Gasteiger partial charge in [0.15, 0.2) is 5.11 Å². The molecular weight excluding hydrogens is 501 g/mol. The van der Waals surface area contributed by atoms with Crippen LogP contribution in [-0.4, -0.2) is 20.6 Å². The van der Waals surface area contributed by atoms with Crippen molar-refractivity contribution < 1.29 is 13.2 Å². The van der Waals surface area contributed by atoms with Gasteiger partial charge in [0.1, 0.15) is 5.75 Å². The lowest BCUT2D eigenvalue weighted by Gasteiger charge is -2.14. The molecule has 0 saturated heterocycles. The van der Waals surface area contributed by atoms with Gasteiger partial charge in [0, 0.05) is 20.8 Å². The maximum atomic E-state index is 12.6. The average Bonchev–Trinajstić information content (AvgIpc) is 2.67. The number of nitrogens with one attached hydrogen (secondary N) is 3. The molecule has 6 nitrogen and oxygen atoms in total. The quantitative estimate of drug-likeness (QED) is 0.335. The van der Waals surface area contributed by atoms with E-state index in [9.17, 15) is 8.42 Å². The molecule has 0 aliphatic carbocycles. The van der Waals surface area contributed by atoms with E-state index in [4.69, 9.17) is 51.8 Å². The number of hydrogen-bond donors (Lipinski definition) is 3. The number of thiocarbonyl (C=S) groups is 1. The first-order chi connectivity index (χ1) is 14.7. The topological polar surface area (TPSA) is 79.5 Å². The standard InChI is InChI=1S/C20H16Cl3N3O3S2/c1-29-19-7-2-12(21)11-18(19)25-20(30)24-15-3-5-17(6-4-15)31(27,28)26-16-9-13(22)8-14(23)10-16/h2-11,26H,1H3,(H2,24,25,30). The van der Waals surface area contributed by atoms with Crippen LogP contribution in [0.3, 0.4) is 0 Å². The van der Waals surface area contributed by atoms with Crippen LogP contribution in [0.15, 0.2) is 65.6 Å². The fourth-order valence-electron chi connectivity index (χ4n) is 2.61. The minimum atomic E-state index is -3.83. The Kier molecular flexibility index (Phi) is 7.51. The second-order valence-electron chi connectivity index (χ2n) is 6.21. The highest BCUT2D eigenvalue weighted by atomic mass is 35.5. The fourth-order valence-corrected chi connectivity index (χ4v) is 4.57. The van der Waals surface area contributed by atoms with Crippen molar-refractivity contribution in [1.82, 2.24) is 0 Å². The molecule has 0 amide bonds. The molecule has 3 N–H and O–H groups in total. The third-order valence-corrected chi connectivity index (χ3v) is 6.22. The maximum Gasteiger partial charge on any atom is 0.261 e. The molecule has 0 spiro atoms. The van der Waals surface area contributed by atoms with Gasteiger partial charge in [-0.15, -0.1) is 0 Å². The van der Waals surface area contributed by atoms with Crippen molar-refractivity contribution in [2.75, 3.05) is 22.5 Å². The van der Waals surface area contributed by atoms with Crippen LogP contribution < -0.4 is 20.1 Å². The van der Waals surface area contributed by atoms with Gasteiger partial charge >= 0.3 is 0 Å². The van der Waals surface area contributed by atoms with Crippen molar-refractivity contribution in [2.24, 2.45) is 0 Å². The number of anilines is 3. The molecule has 0 aliphatic heterocycles. The molecule has 0 heterocycles. The lowest BCUT2D eigenvalue weighted by atomic mass is 10.3. The van der Waals surface area contributed by atoms with Crippen molar-refractivity contribution >= 4 is 79.2 Å². The van der Waals surface area contributed by atoms with Gasteiger partial charge in [0.05, 0.1) is 23.4 Å². The smallest absolute Gasteiger partial charge is 0.261 e. The van der Waals surface area contributed by atoms with Crippen molar-refractivity contribution in [1.29, 1.82) is 0 Å². The number of hydrogen-bond acceptors (Lipinski definition) is 4. The van der Waals surface area contributed by atoms with E-state index < -0.39 is 10.0 Å². The highest BCUT2D eigenvalue weighted by Gasteiger charge is 2.15. The zero-order chi connectivity index (χ0) is 22.6. The van der Waals surface area contributed by atoms with Crippen molar-refractivity contribution in [3.63, 3.8) is 0 Å². The van der Waals surface area contributed by atoms with Crippen LogP contribution in [0.25, 0.3) is 0 Å². The molecule has 31 heavy (non-hydrogen) atoms. The second-order valence-corrected chi connectivity index (χ2v) is 9.61. The first kappa shape index (κ1) is 23.4. The van der Waals surface area contributed by atoms with Crippen LogP contribution in [-0.2, 0) is 10.0 Å². The van der Waals surface area contributed by atoms with Gasteiger partial charge in [-0.2, -0.15) is 0 Å².